The molecule has 1 aliphatic rings. The van der Waals surface area contributed by atoms with Crippen molar-refractivity contribution in [1.29, 1.82) is 0 Å². The summed E-state index contributed by atoms with van der Waals surface area (Å²) in [5.74, 6) is 0. The Balaban J connectivity index is 0.000000791. The number of rotatable bonds is 1. The van der Waals surface area contributed by atoms with Crippen LogP contribution in [0.2, 0.25) is 0 Å². The molecule has 5 atom stereocenters. The third-order valence-corrected chi connectivity index (χ3v) is 2.09. The molecule has 1 rings (SSSR count). The molecule has 86 valence electrons. The van der Waals surface area contributed by atoms with E-state index in [1.807, 2.05) is 13.8 Å². The molecule has 0 aliphatic carbocycles. The monoisotopic (exact) mass is 208 g/mol. The second-order valence-electron chi connectivity index (χ2n) is 2.95. The second-order valence-corrected chi connectivity index (χ2v) is 2.95. The summed E-state index contributed by atoms with van der Waals surface area (Å²) in [5, 5.41) is 36.5. The predicted molar refractivity (Wildman–Crippen MR) is 50.5 cm³/mol. The van der Waals surface area contributed by atoms with Crippen LogP contribution in [-0.2, 0) is 4.74 Å². The van der Waals surface area contributed by atoms with Gasteiger partial charge in [-0.3, -0.25) is 0 Å². The van der Waals surface area contributed by atoms with Gasteiger partial charge in [0.15, 0.2) is 6.29 Å². The molecule has 0 amide bonds. The van der Waals surface area contributed by atoms with Crippen LogP contribution in [0, 0.1) is 0 Å². The maximum Gasteiger partial charge on any atom is 0.183 e. The van der Waals surface area contributed by atoms with Gasteiger partial charge in [0.05, 0.1) is 6.10 Å². The van der Waals surface area contributed by atoms with Crippen LogP contribution in [0.5, 0.6) is 0 Å². The van der Waals surface area contributed by atoms with Crippen molar-refractivity contribution in [3.05, 3.63) is 0 Å². The smallest absolute Gasteiger partial charge is 0.183 e. The fourth-order valence-corrected chi connectivity index (χ4v) is 1.27. The molecule has 5 nitrogen and oxygen atoms in total. The maximum absolute atomic E-state index is 9.28. The molecule has 4 N–H and O–H groups in total. The zero-order chi connectivity index (χ0) is 11.3. The first-order chi connectivity index (χ1) is 6.57. The van der Waals surface area contributed by atoms with Gasteiger partial charge in [0.1, 0.15) is 18.3 Å². The molecule has 0 saturated carbocycles. The van der Waals surface area contributed by atoms with Gasteiger partial charge in [-0.1, -0.05) is 20.8 Å². The molecule has 0 radical (unpaired) electrons. The third-order valence-electron chi connectivity index (χ3n) is 2.09. The fraction of sp³-hybridized carbons (Fsp3) is 1.00. The third kappa shape index (κ3) is 2.90. The van der Waals surface area contributed by atoms with E-state index in [1.165, 1.54) is 0 Å². The standard InChI is InChI=1S/C7H14O5.C2H6/c1-2-3-4(8)5(9)6(10)7(11)12-3;1-2/h3-11H,2H2,1H3;1-2H3/t3-,4-,5?,6-,7?;/m0./s1. The zero-order valence-electron chi connectivity index (χ0n) is 8.79. The molecule has 5 heteroatoms. The van der Waals surface area contributed by atoms with Gasteiger partial charge in [0, 0.05) is 0 Å². The van der Waals surface area contributed by atoms with Gasteiger partial charge in [-0.2, -0.15) is 0 Å². The minimum absolute atomic E-state index is 0.474. The number of hydrogen-bond acceptors (Lipinski definition) is 5. The van der Waals surface area contributed by atoms with Crippen molar-refractivity contribution in [2.45, 2.75) is 57.9 Å². The zero-order valence-corrected chi connectivity index (χ0v) is 8.79. The van der Waals surface area contributed by atoms with E-state index < -0.39 is 30.7 Å². The summed E-state index contributed by atoms with van der Waals surface area (Å²) in [6.45, 7) is 5.75. The minimum Gasteiger partial charge on any atom is -0.388 e. The second kappa shape index (κ2) is 6.31. The fourth-order valence-electron chi connectivity index (χ4n) is 1.27. The highest BCUT2D eigenvalue weighted by molar-refractivity contribution is 4.87. The number of ether oxygens (including phenoxy) is 1. The summed E-state index contributed by atoms with van der Waals surface area (Å²) < 4.78 is 4.83. The van der Waals surface area contributed by atoms with Gasteiger partial charge >= 0.3 is 0 Å². The van der Waals surface area contributed by atoms with Gasteiger partial charge in [0.2, 0.25) is 0 Å². The SMILES string of the molecule is CC.CC[C@@H]1OC(O)[C@@H](O)C(O)[C@H]1O. The molecule has 1 heterocycles. The van der Waals surface area contributed by atoms with Crippen LogP contribution in [0.15, 0.2) is 0 Å². The van der Waals surface area contributed by atoms with E-state index in [4.69, 9.17) is 14.9 Å². The van der Waals surface area contributed by atoms with Gasteiger partial charge < -0.3 is 25.2 Å². The maximum atomic E-state index is 9.28. The highest BCUT2D eigenvalue weighted by atomic mass is 16.6. The van der Waals surface area contributed by atoms with E-state index in [9.17, 15) is 10.2 Å². The first kappa shape index (κ1) is 13.8. The van der Waals surface area contributed by atoms with E-state index in [-0.39, 0.29) is 0 Å². The lowest BCUT2D eigenvalue weighted by atomic mass is 9.97. The molecule has 0 aromatic rings. The van der Waals surface area contributed by atoms with Crippen LogP contribution in [0.25, 0.3) is 0 Å². The van der Waals surface area contributed by atoms with Crippen molar-refractivity contribution in [3.63, 3.8) is 0 Å². The van der Waals surface area contributed by atoms with Crippen molar-refractivity contribution >= 4 is 0 Å². The normalized spacial score (nSPS) is 42.6. The van der Waals surface area contributed by atoms with Crippen molar-refractivity contribution in [3.8, 4) is 0 Å². The topological polar surface area (TPSA) is 90.2 Å². The van der Waals surface area contributed by atoms with E-state index >= 15 is 0 Å². The Labute approximate surface area is 83.9 Å². The van der Waals surface area contributed by atoms with Crippen LogP contribution < -0.4 is 0 Å². The Morgan fingerprint density at radius 1 is 0.929 bits per heavy atom. The first-order valence-corrected chi connectivity index (χ1v) is 4.95. The van der Waals surface area contributed by atoms with Gasteiger partial charge in [0.25, 0.3) is 0 Å². The van der Waals surface area contributed by atoms with Crippen molar-refractivity contribution in [2.75, 3.05) is 0 Å². The Hall–Kier alpha value is -0.200. The minimum atomic E-state index is -1.43. The highest BCUT2D eigenvalue weighted by Crippen LogP contribution is 2.21. The molecule has 1 fully saturated rings. The molecule has 0 aromatic heterocycles. The van der Waals surface area contributed by atoms with E-state index in [0.29, 0.717) is 6.42 Å². The summed E-state index contributed by atoms with van der Waals surface area (Å²) in [5.41, 5.74) is 0. The molecular weight excluding hydrogens is 188 g/mol. The Morgan fingerprint density at radius 3 is 1.86 bits per heavy atom. The lowest BCUT2D eigenvalue weighted by molar-refractivity contribution is -0.281. The Bertz CT molecular complexity index is 147. The Kier molecular flexibility index (Phi) is 6.22. The molecule has 2 unspecified atom stereocenters. The van der Waals surface area contributed by atoms with Crippen LogP contribution in [0.3, 0.4) is 0 Å². The van der Waals surface area contributed by atoms with Crippen LogP contribution >= 0.6 is 0 Å². The summed E-state index contributed by atoms with van der Waals surface area (Å²) in [4.78, 5) is 0. The van der Waals surface area contributed by atoms with Crippen molar-refractivity contribution < 1.29 is 25.2 Å². The van der Waals surface area contributed by atoms with E-state index in [2.05, 4.69) is 0 Å². The van der Waals surface area contributed by atoms with E-state index in [1.54, 1.807) is 6.92 Å². The van der Waals surface area contributed by atoms with Gasteiger partial charge in [-0.15, -0.1) is 0 Å². The molecule has 14 heavy (non-hydrogen) atoms. The molecule has 0 aromatic carbocycles. The molecule has 0 bridgehead atoms. The lowest BCUT2D eigenvalue weighted by Gasteiger charge is -2.37. The van der Waals surface area contributed by atoms with Crippen molar-refractivity contribution in [1.82, 2.24) is 0 Å². The quantitative estimate of drug-likeness (QED) is 0.454. The number of aliphatic hydroxyl groups is 4. The van der Waals surface area contributed by atoms with Crippen molar-refractivity contribution in [2.24, 2.45) is 0 Å². The van der Waals surface area contributed by atoms with Crippen LogP contribution in [-0.4, -0.2) is 51.1 Å². The summed E-state index contributed by atoms with van der Waals surface area (Å²) in [6.07, 6.45) is -5.44. The van der Waals surface area contributed by atoms with Crippen LogP contribution in [0.1, 0.15) is 27.2 Å². The largest absolute Gasteiger partial charge is 0.388 e. The van der Waals surface area contributed by atoms with Gasteiger partial charge in [-0.05, 0) is 6.42 Å². The van der Waals surface area contributed by atoms with E-state index in [0.717, 1.165) is 0 Å². The molecule has 1 aliphatic heterocycles. The van der Waals surface area contributed by atoms with Gasteiger partial charge in [-0.25, -0.2) is 0 Å². The summed E-state index contributed by atoms with van der Waals surface area (Å²) in [6, 6.07) is 0. The molecule has 1 saturated heterocycles. The van der Waals surface area contributed by atoms with Crippen LogP contribution in [0.4, 0.5) is 0 Å². The molecule has 0 spiro atoms. The predicted octanol–water partition coefficient (Wildman–Crippen LogP) is -0.778. The average Bonchev–Trinajstić information content (AvgIpc) is 2.23. The average molecular weight is 208 g/mol. The first-order valence-electron chi connectivity index (χ1n) is 4.95. The lowest BCUT2D eigenvalue weighted by Crippen LogP contribution is -2.57. The number of hydrogen-bond donors (Lipinski definition) is 4. The highest BCUT2D eigenvalue weighted by Gasteiger charge is 2.41. The molecular formula is C9H20O5. The summed E-state index contributed by atoms with van der Waals surface area (Å²) >= 11 is 0. The summed E-state index contributed by atoms with van der Waals surface area (Å²) in [7, 11) is 0. The number of aliphatic hydroxyl groups excluding tert-OH is 4. The Morgan fingerprint density at radius 2 is 1.43 bits per heavy atom.